The van der Waals surface area contributed by atoms with Gasteiger partial charge in [0, 0.05) is 45.8 Å². The number of amides is 1. The van der Waals surface area contributed by atoms with Gasteiger partial charge in [0.25, 0.3) is 0 Å². The minimum Gasteiger partial charge on any atom is -0.367 e. The first-order valence-corrected chi connectivity index (χ1v) is 12.4. The van der Waals surface area contributed by atoms with E-state index >= 15 is 0 Å². The van der Waals surface area contributed by atoms with Gasteiger partial charge in [0.1, 0.15) is 5.82 Å². The lowest BCUT2D eigenvalue weighted by atomic mass is 9.97. The van der Waals surface area contributed by atoms with Gasteiger partial charge in [0.15, 0.2) is 0 Å². The molecule has 34 heavy (non-hydrogen) atoms. The van der Waals surface area contributed by atoms with Crippen LogP contribution in [0.2, 0.25) is 0 Å². The number of anilines is 2. The van der Waals surface area contributed by atoms with Crippen LogP contribution in [-0.2, 0) is 4.79 Å². The van der Waals surface area contributed by atoms with E-state index in [0.717, 1.165) is 75.5 Å². The van der Waals surface area contributed by atoms with Crippen molar-refractivity contribution < 1.29 is 9.18 Å². The van der Waals surface area contributed by atoms with E-state index in [1.807, 2.05) is 36.4 Å². The van der Waals surface area contributed by atoms with Gasteiger partial charge in [-0.3, -0.25) is 9.69 Å². The van der Waals surface area contributed by atoms with Crippen molar-refractivity contribution in [2.75, 3.05) is 62.2 Å². The van der Waals surface area contributed by atoms with E-state index in [2.05, 4.69) is 25.0 Å². The topological polar surface area (TPSA) is 67.5 Å². The van der Waals surface area contributed by atoms with Crippen molar-refractivity contribution in [1.82, 2.24) is 20.2 Å². The molecule has 1 amide bonds. The van der Waals surface area contributed by atoms with E-state index in [4.69, 9.17) is 4.98 Å². The summed E-state index contributed by atoms with van der Waals surface area (Å²) in [7, 11) is 0. The zero-order valence-corrected chi connectivity index (χ0v) is 19.5. The smallest absolute Gasteiger partial charge is 0.224 e. The number of aromatic amines is 1. The number of rotatable bonds is 7. The first-order valence-electron chi connectivity index (χ1n) is 12.4. The second kappa shape index (κ2) is 10.4. The van der Waals surface area contributed by atoms with Crippen LogP contribution in [0.15, 0.2) is 48.5 Å². The Hall–Kier alpha value is -3.13. The van der Waals surface area contributed by atoms with Crippen LogP contribution >= 0.6 is 0 Å². The van der Waals surface area contributed by atoms with Crippen molar-refractivity contribution in [3.8, 4) is 0 Å². The summed E-state index contributed by atoms with van der Waals surface area (Å²) in [6, 6.07) is 15.0. The van der Waals surface area contributed by atoms with Crippen molar-refractivity contribution in [1.29, 1.82) is 0 Å². The Morgan fingerprint density at radius 3 is 2.65 bits per heavy atom. The molecule has 0 saturated carbocycles. The maximum absolute atomic E-state index is 14.0. The van der Waals surface area contributed by atoms with E-state index in [0.29, 0.717) is 18.8 Å². The molecule has 0 radical (unpaired) electrons. The summed E-state index contributed by atoms with van der Waals surface area (Å²) in [4.78, 5) is 27.6. The van der Waals surface area contributed by atoms with Crippen molar-refractivity contribution in [2.45, 2.75) is 19.3 Å². The average molecular weight is 465 g/mol. The molecule has 3 heterocycles. The number of fused-ring (bicyclic) bond motifs is 1. The number of carbonyl (C=O) groups excluding carboxylic acids is 1. The summed E-state index contributed by atoms with van der Waals surface area (Å²) in [5, 5.41) is 3.15. The lowest BCUT2D eigenvalue weighted by Crippen LogP contribution is -2.47. The summed E-state index contributed by atoms with van der Waals surface area (Å²) >= 11 is 0. The molecule has 1 aromatic heterocycles. The van der Waals surface area contributed by atoms with Crippen molar-refractivity contribution in [3.05, 3.63) is 54.3 Å². The number of piperidine rings is 1. The molecule has 0 spiro atoms. The second-order valence-corrected chi connectivity index (χ2v) is 9.29. The highest BCUT2D eigenvalue weighted by Crippen LogP contribution is 2.24. The van der Waals surface area contributed by atoms with Gasteiger partial charge < -0.3 is 20.1 Å². The number of hydrogen-bond donors (Lipinski definition) is 2. The molecule has 0 aliphatic carbocycles. The van der Waals surface area contributed by atoms with Crippen LogP contribution in [-0.4, -0.2) is 73.1 Å². The third-order valence-corrected chi connectivity index (χ3v) is 6.98. The van der Waals surface area contributed by atoms with E-state index in [1.54, 1.807) is 6.07 Å². The average Bonchev–Trinajstić information content (AvgIpc) is 3.32. The molecular formula is C26H33FN6O. The number of nitrogens with one attached hydrogen (secondary N) is 2. The predicted octanol–water partition coefficient (Wildman–Crippen LogP) is 3.25. The van der Waals surface area contributed by atoms with Crippen LogP contribution in [0.3, 0.4) is 0 Å². The molecule has 2 aromatic carbocycles. The quantitative estimate of drug-likeness (QED) is 0.526. The van der Waals surface area contributed by atoms with Crippen molar-refractivity contribution >= 4 is 28.6 Å². The zero-order chi connectivity index (χ0) is 23.3. The third-order valence-electron chi connectivity index (χ3n) is 6.98. The fraction of sp³-hybridized carbons (Fsp3) is 0.462. The number of hydrogen-bond acceptors (Lipinski definition) is 5. The Kier molecular flexibility index (Phi) is 6.94. The van der Waals surface area contributed by atoms with E-state index in [-0.39, 0.29) is 17.6 Å². The molecule has 3 aromatic rings. The maximum atomic E-state index is 14.0. The normalized spacial score (nSPS) is 19.5. The van der Waals surface area contributed by atoms with E-state index in [1.165, 1.54) is 6.07 Å². The van der Waals surface area contributed by atoms with Crippen LogP contribution in [0, 0.1) is 11.7 Å². The van der Waals surface area contributed by atoms with Crippen LogP contribution < -0.4 is 15.1 Å². The van der Waals surface area contributed by atoms with Gasteiger partial charge in [0.05, 0.1) is 22.6 Å². The first kappa shape index (κ1) is 22.7. The molecular weight excluding hydrogens is 431 g/mol. The molecule has 180 valence electrons. The number of piperazine rings is 1. The molecule has 2 fully saturated rings. The Morgan fingerprint density at radius 1 is 1.03 bits per heavy atom. The minimum atomic E-state index is -0.153. The van der Waals surface area contributed by atoms with Crippen molar-refractivity contribution in [3.63, 3.8) is 0 Å². The van der Waals surface area contributed by atoms with Crippen molar-refractivity contribution in [2.24, 2.45) is 5.92 Å². The molecule has 8 heteroatoms. The number of benzene rings is 2. The van der Waals surface area contributed by atoms with Gasteiger partial charge in [-0.05, 0) is 50.1 Å². The Morgan fingerprint density at radius 2 is 1.82 bits per heavy atom. The number of nitrogens with zero attached hydrogens (tertiary/aromatic N) is 4. The molecule has 2 saturated heterocycles. The summed E-state index contributed by atoms with van der Waals surface area (Å²) in [5.74, 6) is 0.838. The molecule has 2 aliphatic rings. The van der Waals surface area contributed by atoms with Gasteiger partial charge >= 0.3 is 0 Å². The van der Waals surface area contributed by atoms with Gasteiger partial charge in [-0.15, -0.1) is 0 Å². The molecule has 2 aliphatic heterocycles. The fourth-order valence-electron chi connectivity index (χ4n) is 5.05. The standard InChI is InChI=1S/C26H33FN6O/c27-21-8-1-4-11-24(21)32-17-15-31(16-18-32)13-6-12-28-25(34)20-7-5-14-33(19-20)26-29-22-9-2-3-10-23(22)30-26/h1-4,8-11,20H,5-7,12-19H2,(H,28,34)(H,29,30)/t20-/m1/s1. The van der Waals surface area contributed by atoms with Crippen LogP contribution in [0.4, 0.5) is 16.0 Å². The summed E-state index contributed by atoms with van der Waals surface area (Å²) in [5.41, 5.74) is 2.68. The summed E-state index contributed by atoms with van der Waals surface area (Å²) in [6.07, 6.45) is 2.83. The lowest BCUT2D eigenvalue weighted by Gasteiger charge is -2.36. The molecule has 5 rings (SSSR count). The largest absolute Gasteiger partial charge is 0.367 e. The van der Waals surface area contributed by atoms with E-state index in [9.17, 15) is 9.18 Å². The Labute approximate surface area is 199 Å². The fourth-order valence-corrected chi connectivity index (χ4v) is 5.05. The zero-order valence-electron chi connectivity index (χ0n) is 19.5. The Balaban J connectivity index is 1.03. The summed E-state index contributed by atoms with van der Waals surface area (Å²) < 4.78 is 14.0. The number of carbonyl (C=O) groups is 1. The van der Waals surface area contributed by atoms with Gasteiger partial charge in [-0.25, -0.2) is 9.37 Å². The maximum Gasteiger partial charge on any atom is 0.224 e. The second-order valence-electron chi connectivity index (χ2n) is 9.29. The summed E-state index contributed by atoms with van der Waals surface area (Å²) in [6.45, 7) is 6.73. The highest BCUT2D eigenvalue weighted by molar-refractivity contribution is 5.80. The SMILES string of the molecule is O=C(NCCCN1CCN(c2ccccc2F)CC1)[C@@H]1CCCN(c2nc3ccccc3[nH]2)C1. The number of halogens is 1. The minimum absolute atomic E-state index is 0.00808. The number of para-hydroxylation sites is 3. The highest BCUT2D eigenvalue weighted by Gasteiger charge is 2.27. The number of imidazole rings is 1. The lowest BCUT2D eigenvalue weighted by molar-refractivity contribution is -0.125. The van der Waals surface area contributed by atoms with Crippen LogP contribution in [0.25, 0.3) is 11.0 Å². The molecule has 0 unspecified atom stereocenters. The first-order chi connectivity index (χ1) is 16.7. The monoisotopic (exact) mass is 464 g/mol. The van der Waals surface area contributed by atoms with Crippen LogP contribution in [0.5, 0.6) is 0 Å². The number of aromatic nitrogens is 2. The molecule has 0 bridgehead atoms. The molecule has 1 atom stereocenters. The highest BCUT2D eigenvalue weighted by atomic mass is 19.1. The molecule has 2 N–H and O–H groups in total. The van der Waals surface area contributed by atoms with Crippen LogP contribution in [0.1, 0.15) is 19.3 Å². The van der Waals surface area contributed by atoms with Gasteiger partial charge in [-0.1, -0.05) is 24.3 Å². The number of H-pyrrole nitrogens is 1. The van der Waals surface area contributed by atoms with E-state index < -0.39 is 0 Å². The third kappa shape index (κ3) is 5.17. The van der Waals surface area contributed by atoms with Gasteiger partial charge in [0.2, 0.25) is 11.9 Å². The Bertz CT molecular complexity index is 1080. The predicted molar refractivity (Wildman–Crippen MR) is 134 cm³/mol. The van der Waals surface area contributed by atoms with Gasteiger partial charge in [-0.2, -0.15) is 0 Å². The molecule has 7 nitrogen and oxygen atoms in total.